The number of hydrogen-bond acceptors (Lipinski definition) is 1. The first kappa shape index (κ1) is 19.1. The van der Waals surface area contributed by atoms with Crippen LogP contribution in [0.4, 0.5) is 0 Å². The van der Waals surface area contributed by atoms with Gasteiger partial charge in [-0.05, 0) is 54.7 Å². The third kappa shape index (κ3) is 18.1. The number of hydrogen-bond donors (Lipinski definition) is 1. The number of carboxylic acid groups (broad SMARTS) is 1. The van der Waals surface area contributed by atoms with E-state index in [1.54, 1.807) is 11.1 Å². The summed E-state index contributed by atoms with van der Waals surface area (Å²) in [5.41, 5.74) is 0. The molecule has 0 aliphatic carbocycles. The molecular formula is C18H19BrO2. The van der Waals surface area contributed by atoms with Crippen LogP contribution in [0.15, 0.2) is 23.2 Å². The lowest BCUT2D eigenvalue weighted by molar-refractivity contribution is -0.137. The average molecular weight is 347 g/mol. The number of aliphatic carboxylic acids is 1. The van der Waals surface area contributed by atoms with E-state index in [9.17, 15) is 4.79 Å². The van der Waals surface area contributed by atoms with Gasteiger partial charge < -0.3 is 5.11 Å². The normalized spacial score (nSPS) is 9.38. The summed E-state index contributed by atoms with van der Waals surface area (Å²) in [4.78, 5) is 12.0. The van der Waals surface area contributed by atoms with Crippen molar-refractivity contribution in [3.05, 3.63) is 23.2 Å². The molecule has 0 aromatic heterocycles. The quantitative estimate of drug-likeness (QED) is 0.551. The summed E-state index contributed by atoms with van der Waals surface area (Å²) in [6.07, 6.45) is 11.0. The Labute approximate surface area is 135 Å². The SMILES string of the molecule is O=C(O)CCCC#CC#C/C=C\CCCCC#C/C=C/Br. The number of halogens is 1. The van der Waals surface area contributed by atoms with E-state index in [-0.39, 0.29) is 6.42 Å². The van der Waals surface area contributed by atoms with Crippen molar-refractivity contribution in [2.45, 2.75) is 44.9 Å². The van der Waals surface area contributed by atoms with Crippen LogP contribution in [0.2, 0.25) is 0 Å². The van der Waals surface area contributed by atoms with Gasteiger partial charge in [0.05, 0.1) is 0 Å². The van der Waals surface area contributed by atoms with E-state index in [0.29, 0.717) is 12.8 Å². The predicted octanol–water partition coefficient (Wildman–Crippen LogP) is 4.28. The predicted molar refractivity (Wildman–Crippen MR) is 90.5 cm³/mol. The Morgan fingerprint density at radius 1 is 1.00 bits per heavy atom. The summed E-state index contributed by atoms with van der Waals surface area (Å²) < 4.78 is 0. The van der Waals surface area contributed by atoms with Gasteiger partial charge >= 0.3 is 5.97 Å². The van der Waals surface area contributed by atoms with Crippen LogP contribution >= 0.6 is 15.9 Å². The number of unbranched alkanes of at least 4 members (excludes halogenated alkanes) is 4. The van der Waals surface area contributed by atoms with Gasteiger partial charge in [0.2, 0.25) is 0 Å². The zero-order valence-electron chi connectivity index (χ0n) is 12.0. The second-order valence-electron chi connectivity index (χ2n) is 4.08. The van der Waals surface area contributed by atoms with E-state index in [2.05, 4.69) is 51.5 Å². The Hall–Kier alpha value is -1.89. The van der Waals surface area contributed by atoms with Crippen LogP contribution in [0.25, 0.3) is 0 Å². The highest BCUT2D eigenvalue weighted by molar-refractivity contribution is 9.11. The zero-order chi connectivity index (χ0) is 15.6. The zero-order valence-corrected chi connectivity index (χ0v) is 13.6. The van der Waals surface area contributed by atoms with Gasteiger partial charge in [-0.1, -0.05) is 45.7 Å². The lowest BCUT2D eigenvalue weighted by atomic mass is 10.2. The van der Waals surface area contributed by atoms with Crippen LogP contribution in [0.3, 0.4) is 0 Å². The molecule has 0 aromatic rings. The average Bonchev–Trinajstić information content (AvgIpc) is 2.46. The van der Waals surface area contributed by atoms with Gasteiger partial charge in [0.1, 0.15) is 0 Å². The van der Waals surface area contributed by atoms with E-state index in [0.717, 1.165) is 25.7 Å². The van der Waals surface area contributed by atoms with Crippen molar-refractivity contribution in [2.24, 2.45) is 0 Å². The fourth-order valence-electron chi connectivity index (χ4n) is 1.29. The molecule has 0 radical (unpaired) electrons. The highest BCUT2D eigenvalue weighted by Gasteiger charge is 1.92. The Kier molecular flexibility index (Phi) is 14.7. The third-order valence-electron chi connectivity index (χ3n) is 2.29. The fraction of sp³-hybridized carbons (Fsp3) is 0.389. The van der Waals surface area contributed by atoms with Gasteiger partial charge in [-0.2, -0.15) is 0 Å². The minimum absolute atomic E-state index is 0.165. The molecule has 0 saturated heterocycles. The summed E-state index contributed by atoms with van der Waals surface area (Å²) in [5, 5.41) is 8.43. The minimum Gasteiger partial charge on any atom is -0.481 e. The maximum absolute atomic E-state index is 10.2. The standard InChI is InChI=1S/C18H19BrO2/c19-17-15-13-11-9-7-5-3-1-2-4-6-8-10-12-14-16-18(20)21/h1-2,15,17H,3,5,7,9,12,14,16H2,(H,20,21)/b2-1-,17-15+. The second kappa shape index (κ2) is 16.2. The second-order valence-corrected chi connectivity index (χ2v) is 4.61. The Morgan fingerprint density at radius 2 is 1.81 bits per heavy atom. The molecule has 0 bridgehead atoms. The first-order valence-electron chi connectivity index (χ1n) is 6.86. The van der Waals surface area contributed by atoms with Gasteiger partial charge in [0.15, 0.2) is 0 Å². The first-order valence-corrected chi connectivity index (χ1v) is 7.77. The molecule has 0 atom stereocenters. The fourth-order valence-corrected chi connectivity index (χ4v) is 1.43. The summed E-state index contributed by atoms with van der Waals surface area (Å²) >= 11 is 3.16. The summed E-state index contributed by atoms with van der Waals surface area (Å²) in [6, 6.07) is 0. The van der Waals surface area contributed by atoms with Gasteiger partial charge in [-0.15, -0.1) is 0 Å². The molecule has 0 unspecified atom stereocenters. The number of rotatable bonds is 7. The molecule has 0 amide bonds. The largest absolute Gasteiger partial charge is 0.481 e. The van der Waals surface area contributed by atoms with Crippen molar-refractivity contribution < 1.29 is 9.90 Å². The molecule has 3 heteroatoms. The summed E-state index contributed by atoms with van der Waals surface area (Å²) in [7, 11) is 0. The van der Waals surface area contributed by atoms with Crippen molar-refractivity contribution in [3.63, 3.8) is 0 Å². The van der Waals surface area contributed by atoms with Crippen LogP contribution < -0.4 is 0 Å². The molecular weight excluding hydrogens is 328 g/mol. The molecule has 0 aromatic carbocycles. The van der Waals surface area contributed by atoms with E-state index >= 15 is 0 Å². The van der Waals surface area contributed by atoms with E-state index in [1.165, 1.54) is 0 Å². The van der Waals surface area contributed by atoms with Crippen molar-refractivity contribution in [3.8, 4) is 35.5 Å². The van der Waals surface area contributed by atoms with Crippen molar-refractivity contribution in [2.75, 3.05) is 0 Å². The van der Waals surface area contributed by atoms with Gasteiger partial charge in [0, 0.05) is 19.3 Å². The van der Waals surface area contributed by atoms with Gasteiger partial charge in [0.25, 0.3) is 0 Å². The van der Waals surface area contributed by atoms with Crippen molar-refractivity contribution in [1.82, 2.24) is 0 Å². The number of allylic oxidation sites excluding steroid dienone is 3. The molecule has 0 fully saturated rings. The van der Waals surface area contributed by atoms with E-state index in [1.807, 2.05) is 12.2 Å². The van der Waals surface area contributed by atoms with Crippen molar-refractivity contribution in [1.29, 1.82) is 0 Å². The van der Waals surface area contributed by atoms with E-state index < -0.39 is 5.97 Å². The number of carbonyl (C=O) groups is 1. The number of carboxylic acids is 1. The molecule has 0 saturated carbocycles. The molecule has 21 heavy (non-hydrogen) atoms. The maximum atomic E-state index is 10.2. The molecule has 0 spiro atoms. The first-order chi connectivity index (χ1) is 10.3. The monoisotopic (exact) mass is 346 g/mol. The summed E-state index contributed by atoms with van der Waals surface area (Å²) in [6.45, 7) is 0. The Morgan fingerprint density at radius 3 is 2.57 bits per heavy atom. The molecule has 110 valence electrons. The topological polar surface area (TPSA) is 37.3 Å². The van der Waals surface area contributed by atoms with Crippen molar-refractivity contribution >= 4 is 21.9 Å². The third-order valence-corrected chi connectivity index (χ3v) is 2.55. The molecule has 0 aliphatic rings. The highest BCUT2D eigenvalue weighted by Crippen LogP contribution is 1.99. The molecule has 0 rings (SSSR count). The highest BCUT2D eigenvalue weighted by atomic mass is 79.9. The lowest BCUT2D eigenvalue weighted by Gasteiger charge is -1.89. The Balaban J connectivity index is 3.56. The van der Waals surface area contributed by atoms with Gasteiger partial charge in [-0.25, -0.2) is 0 Å². The maximum Gasteiger partial charge on any atom is 0.303 e. The van der Waals surface area contributed by atoms with Crippen LogP contribution in [-0.2, 0) is 4.79 Å². The molecule has 0 aliphatic heterocycles. The molecule has 1 N–H and O–H groups in total. The smallest absolute Gasteiger partial charge is 0.303 e. The van der Waals surface area contributed by atoms with Crippen LogP contribution in [0.1, 0.15) is 44.9 Å². The molecule has 0 heterocycles. The summed E-state index contributed by atoms with van der Waals surface area (Å²) in [5.74, 6) is 16.3. The van der Waals surface area contributed by atoms with Crippen LogP contribution in [0, 0.1) is 35.5 Å². The molecule has 2 nitrogen and oxygen atoms in total. The van der Waals surface area contributed by atoms with Crippen LogP contribution in [0.5, 0.6) is 0 Å². The minimum atomic E-state index is -0.781. The Bertz CT molecular complexity index is 525. The van der Waals surface area contributed by atoms with E-state index in [4.69, 9.17) is 5.11 Å². The van der Waals surface area contributed by atoms with Crippen LogP contribution in [-0.4, -0.2) is 11.1 Å². The van der Waals surface area contributed by atoms with Gasteiger partial charge in [-0.3, -0.25) is 4.79 Å². The lowest BCUT2D eigenvalue weighted by Crippen LogP contribution is -1.92.